The minimum Gasteiger partial charge on any atom is -0.497 e. The molecule has 0 spiro atoms. The smallest absolute Gasteiger partial charge is 0.210 e. The van der Waals surface area contributed by atoms with Crippen LogP contribution < -0.4 is 4.74 Å². The topological polar surface area (TPSA) is 46.8 Å². The molecule has 1 aromatic heterocycles. The highest BCUT2D eigenvalue weighted by Crippen LogP contribution is 2.37. The van der Waals surface area contributed by atoms with Crippen molar-refractivity contribution in [2.24, 2.45) is 12.0 Å². The van der Waals surface area contributed by atoms with Gasteiger partial charge in [-0.2, -0.15) is 0 Å². The van der Waals surface area contributed by atoms with Crippen LogP contribution in [0.1, 0.15) is 10.4 Å². The molecule has 0 fully saturated rings. The van der Waals surface area contributed by atoms with Gasteiger partial charge in [0.2, 0.25) is 5.88 Å². The van der Waals surface area contributed by atoms with Gasteiger partial charge in [-0.1, -0.05) is 0 Å². The summed E-state index contributed by atoms with van der Waals surface area (Å²) in [6.45, 7) is 0. The van der Waals surface area contributed by atoms with Crippen LogP contribution in [-0.4, -0.2) is 23.0 Å². The molecule has 1 aliphatic rings. The second-order valence-electron chi connectivity index (χ2n) is 4.36. The lowest BCUT2D eigenvalue weighted by molar-refractivity contribution is 0.415. The molecule has 0 unspecified atom stereocenters. The number of aromatic hydroxyl groups is 1. The maximum absolute atomic E-state index is 10.0. The summed E-state index contributed by atoms with van der Waals surface area (Å²) in [6, 6.07) is 5.73. The minimum atomic E-state index is 0.178. The first-order chi connectivity index (χ1) is 9.60. The SMILES string of the molecule is COc1ccc2c(c1)C(=Cc1sc(=S)n(C)c1O)C=N2. The van der Waals surface area contributed by atoms with Gasteiger partial charge in [-0.05, 0) is 36.5 Å². The minimum absolute atomic E-state index is 0.178. The normalized spacial score (nSPS) is 14.8. The Balaban J connectivity index is 2.10. The number of rotatable bonds is 2. The first kappa shape index (κ1) is 13.1. The molecule has 0 saturated carbocycles. The molecular formula is C14H12N2O2S2. The van der Waals surface area contributed by atoms with E-state index in [1.54, 1.807) is 24.9 Å². The van der Waals surface area contributed by atoms with Gasteiger partial charge < -0.3 is 9.84 Å². The summed E-state index contributed by atoms with van der Waals surface area (Å²) in [4.78, 5) is 5.08. The van der Waals surface area contributed by atoms with E-state index in [1.807, 2.05) is 24.3 Å². The molecule has 6 heteroatoms. The fourth-order valence-electron chi connectivity index (χ4n) is 2.00. The van der Waals surface area contributed by atoms with Gasteiger partial charge in [-0.3, -0.25) is 9.56 Å². The summed E-state index contributed by atoms with van der Waals surface area (Å²) < 4.78 is 7.46. The zero-order valence-corrected chi connectivity index (χ0v) is 12.6. The summed E-state index contributed by atoms with van der Waals surface area (Å²) in [5, 5.41) is 10.0. The highest BCUT2D eigenvalue weighted by molar-refractivity contribution is 7.73. The zero-order valence-electron chi connectivity index (χ0n) is 11.0. The Kier molecular flexibility index (Phi) is 3.19. The van der Waals surface area contributed by atoms with Crippen molar-refractivity contribution in [1.82, 2.24) is 4.57 Å². The molecule has 0 bridgehead atoms. The summed E-state index contributed by atoms with van der Waals surface area (Å²) in [5.74, 6) is 0.960. The lowest BCUT2D eigenvalue weighted by Gasteiger charge is -2.03. The van der Waals surface area contributed by atoms with Crippen LogP contribution in [-0.2, 0) is 7.05 Å². The first-order valence-electron chi connectivity index (χ1n) is 5.93. The van der Waals surface area contributed by atoms with Gasteiger partial charge >= 0.3 is 0 Å². The number of hydrogen-bond acceptors (Lipinski definition) is 5. The van der Waals surface area contributed by atoms with Crippen molar-refractivity contribution in [2.75, 3.05) is 7.11 Å². The number of benzene rings is 1. The van der Waals surface area contributed by atoms with Crippen LogP contribution >= 0.6 is 23.6 Å². The van der Waals surface area contributed by atoms with Crippen molar-refractivity contribution >= 4 is 47.1 Å². The molecule has 102 valence electrons. The second-order valence-corrected chi connectivity index (χ2v) is 6.03. The van der Waals surface area contributed by atoms with Gasteiger partial charge in [0.1, 0.15) is 5.75 Å². The fourth-order valence-corrected chi connectivity index (χ4v) is 3.19. The fraction of sp³-hybridized carbons (Fsp3) is 0.143. The number of methoxy groups -OCH3 is 1. The molecule has 1 aromatic carbocycles. The quantitative estimate of drug-likeness (QED) is 0.859. The monoisotopic (exact) mass is 304 g/mol. The third-order valence-electron chi connectivity index (χ3n) is 3.15. The lowest BCUT2D eigenvalue weighted by atomic mass is 10.1. The van der Waals surface area contributed by atoms with Crippen molar-refractivity contribution < 1.29 is 9.84 Å². The molecule has 2 aromatic rings. The van der Waals surface area contributed by atoms with E-state index in [1.165, 1.54) is 11.3 Å². The average molecular weight is 304 g/mol. The maximum atomic E-state index is 10.0. The van der Waals surface area contributed by atoms with E-state index in [0.29, 0.717) is 3.95 Å². The summed E-state index contributed by atoms with van der Waals surface area (Å²) in [6.07, 6.45) is 3.68. The van der Waals surface area contributed by atoms with Gasteiger partial charge in [-0.25, -0.2) is 0 Å². The third-order valence-corrected chi connectivity index (χ3v) is 4.65. The van der Waals surface area contributed by atoms with E-state index >= 15 is 0 Å². The van der Waals surface area contributed by atoms with E-state index < -0.39 is 0 Å². The predicted octanol–water partition coefficient (Wildman–Crippen LogP) is 3.79. The Morgan fingerprint density at radius 3 is 2.90 bits per heavy atom. The molecule has 0 atom stereocenters. The summed E-state index contributed by atoms with van der Waals surface area (Å²) >= 11 is 6.53. The number of ether oxygens (including phenoxy) is 1. The van der Waals surface area contributed by atoms with Gasteiger partial charge in [0, 0.05) is 24.4 Å². The van der Waals surface area contributed by atoms with Gasteiger partial charge in [0.05, 0.1) is 17.7 Å². The van der Waals surface area contributed by atoms with Crippen molar-refractivity contribution in [2.45, 2.75) is 0 Å². The van der Waals surface area contributed by atoms with Crippen LogP contribution in [0.5, 0.6) is 11.6 Å². The number of aromatic nitrogens is 1. The zero-order chi connectivity index (χ0) is 14.3. The molecule has 2 heterocycles. The van der Waals surface area contributed by atoms with Crippen LogP contribution in [0.25, 0.3) is 11.6 Å². The van der Waals surface area contributed by atoms with Crippen LogP contribution in [0.2, 0.25) is 0 Å². The second kappa shape index (κ2) is 4.88. The Bertz CT molecular complexity index is 800. The van der Waals surface area contributed by atoms with E-state index in [2.05, 4.69) is 4.99 Å². The Hall–Kier alpha value is -1.92. The molecule has 1 aliphatic heterocycles. The number of thiazole rings is 1. The largest absolute Gasteiger partial charge is 0.497 e. The molecule has 0 saturated heterocycles. The molecule has 20 heavy (non-hydrogen) atoms. The van der Waals surface area contributed by atoms with Gasteiger partial charge in [0.25, 0.3) is 0 Å². The maximum Gasteiger partial charge on any atom is 0.210 e. The number of nitrogens with zero attached hydrogens (tertiary/aromatic N) is 2. The molecule has 0 amide bonds. The predicted molar refractivity (Wildman–Crippen MR) is 84.8 cm³/mol. The molecular weight excluding hydrogens is 292 g/mol. The highest BCUT2D eigenvalue weighted by Gasteiger charge is 2.15. The summed E-state index contributed by atoms with van der Waals surface area (Å²) in [7, 11) is 3.38. The van der Waals surface area contributed by atoms with Crippen molar-refractivity contribution in [3.8, 4) is 11.6 Å². The van der Waals surface area contributed by atoms with E-state index in [0.717, 1.165) is 27.5 Å². The van der Waals surface area contributed by atoms with E-state index in [9.17, 15) is 5.11 Å². The molecule has 0 aliphatic carbocycles. The van der Waals surface area contributed by atoms with Gasteiger partial charge in [-0.15, -0.1) is 11.3 Å². The van der Waals surface area contributed by atoms with Crippen LogP contribution in [0.4, 0.5) is 5.69 Å². The Morgan fingerprint density at radius 2 is 2.25 bits per heavy atom. The first-order valence-corrected chi connectivity index (χ1v) is 7.15. The third kappa shape index (κ3) is 2.07. The van der Waals surface area contributed by atoms with Crippen molar-refractivity contribution in [1.29, 1.82) is 0 Å². The highest BCUT2D eigenvalue weighted by atomic mass is 32.1. The Morgan fingerprint density at radius 1 is 1.45 bits per heavy atom. The molecule has 4 nitrogen and oxygen atoms in total. The summed E-state index contributed by atoms with van der Waals surface area (Å²) in [5.41, 5.74) is 2.83. The Labute approximate surface area is 125 Å². The van der Waals surface area contributed by atoms with Crippen LogP contribution in [0.3, 0.4) is 0 Å². The number of fused-ring (bicyclic) bond motifs is 1. The van der Waals surface area contributed by atoms with Crippen molar-refractivity contribution in [3.63, 3.8) is 0 Å². The van der Waals surface area contributed by atoms with Crippen LogP contribution in [0.15, 0.2) is 23.2 Å². The molecule has 0 radical (unpaired) electrons. The number of allylic oxidation sites excluding steroid dienone is 1. The average Bonchev–Trinajstić information content (AvgIpc) is 2.96. The van der Waals surface area contributed by atoms with E-state index in [-0.39, 0.29) is 5.88 Å². The van der Waals surface area contributed by atoms with Crippen LogP contribution in [0, 0.1) is 3.95 Å². The molecule has 1 N–H and O–H groups in total. The molecule has 3 rings (SSSR count). The number of aliphatic imine (C=N–C) groups is 1. The lowest BCUT2D eigenvalue weighted by Crippen LogP contribution is -1.86. The standard InChI is InChI=1S/C14H12N2O2S2/c1-16-13(17)12(20-14(16)19)5-8-7-15-11-4-3-9(18-2)6-10(8)11/h3-7,17H,1-2H3. The van der Waals surface area contributed by atoms with Crippen molar-refractivity contribution in [3.05, 3.63) is 32.6 Å². The van der Waals surface area contributed by atoms with Gasteiger partial charge in [0.15, 0.2) is 3.95 Å². The number of hydrogen-bond donors (Lipinski definition) is 1. The van der Waals surface area contributed by atoms with E-state index in [4.69, 9.17) is 17.0 Å².